The van der Waals surface area contributed by atoms with Crippen LogP contribution in [0.25, 0.3) is 32.9 Å². The van der Waals surface area contributed by atoms with Gasteiger partial charge in [-0.1, -0.05) is 30.3 Å². The van der Waals surface area contributed by atoms with Crippen LogP contribution in [0.3, 0.4) is 0 Å². The Labute approximate surface area is 191 Å². The van der Waals surface area contributed by atoms with Crippen LogP contribution in [0.15, 0.2) is 48.5 Å². The van der Waals surface area contributed by atoms with Gasteiger partial charge < -0.3 is 19.9 Å². The number of rotatable bonds is 5. The number of nitrogens with zero attached hydrogens (tertiary/aromatic N) is 3. The number of amides is 2. The van der Waals surface area contributed by atoms with E-state index in [9.17, 15) is 9.59 Å². The van der Waals surface area contributed by atoms with Crippen LogP contribution in [0.4, 0.5) is 5.69 Å². The lowest BCUT2D eigenvalue weighted by Crippen LogP contribution is -2.24. The summed E-state index contributed by atoms with van der Waals surface area (Å²) in [5.41, 5.74) is 10.9. The summed E-state index contributed by atoms with van der Waals surface area (Å²) in [5, 5.41) is 1.75. The maximum atomic E-state index is 13.3. The van der Waals surface area contributed by atoms with E-state index in [1.165, 1.54) is 11.9 Å². The highest BCUT2D eigenvalue weighted by Gasteiger charge is 2.39. The molecule has 2 amide bonds. The Bertz CT molecular complexity index is 1450. The standard InChI is InChI=1S/C26H26N4O3/c1-28(2)12-13-33-24-15(9-7-10-18(24)27)17-14-20-21(16-8-5-6-11-19(16)29(20)3)23-22(17)25(31)30(4)26(23)32/h5-11,14H,12-13,27H2,1-4H3. The molecule has 0 aliphatic carbocycles. The molecule has 1 aliphatic heterocycles. The Balaban J connectivity index is 1.84. The average molecular weight is 443 g/mol. The van der Waals surface area contributed by atoms with Gasteiger partial charge in [0.05, 0.1) is 22.3 Å². The Morgan fingerprint density at radius 2 is 1.64 bits per heavy atom. The van der Waals surface area contributed by atoms with Crippen molar-refractivity contribution < 1.29 is 14.3 Å². The van der Waals surface area contributed by atoms with Crippen LogP contribution in [0, 0.1) is 0 Å². The summed E-state index contributed by atoms with van der Waals surface area (Å²) in [5.74, 6) is -0.0897. The topological polar surface area (TPSA) is 80.8 Å². The molecule has 0 spiro atoms. The van der Waals surface area contributed by atoms with Gasteiger partial charge in [0.25, 0.3) is 11.8 Å². The summed E-state index contributed by atoms with van der Waals surface area (Å²) in [4.78, 5) is 29.8. The largest absolute Gasteiger partial charge is 0.489 e. The fourth-order valence-corrected chi connectivity index (χ4v) is 4.65. The molecule has 0 unspecified atom stereocenters. The number of likely N-dealkylation sites (N-methyl/N-ethyl adjacent to an activating group) is 1. The Kier molecular flexibility index (Phi) is 4.87. The van der Waals surface area contributed by atoms with Crippen molar-refractivity contribution in [2.75, 3.05) is 40.0 Å². The van der Waals surface area contributed by atoms with Gasteiger partial charge in [0, 0.05) is 48.1 Å². The summed E-state index contributed by atoms with van der Waals surface area (Å²) < 4.78 is 8.16. The molecule has 2 N–H and O–H groups in total. The van der Waals surface area contributed by atoms with Gasteiger partial charge in [-0.3, -0.25) is 14.5 Å². The quantitative estimate of drug-likeness (QED) is 0.376. The summed E-state index contributed by atoms with van der Waals surface area (Å²) in [6, 6.07) is 15.4. The van der Waals surface area contributed by atoms with Gasteiger partial charge in [-0.25, -0.2) is 0 Å². The number of carbonyl (C=O) groups is 2. The predicted molar refractivity (Wildman–Crippen MR) is 131 cm³/mol. The van der Waals surface area contributed by atoms with Crippen molar-refractivity contribution in [1.82, 2.24) is 14.4 Å². The number of hydrogen-bond donors (Lipinski definition) is 1. The molecule has 7 nitrogen and oxygen atoms in total. The number of imide groups is 1. The van der Waals surface area contributed by atoms with Crippen molar-refractivity contribution in [3.05, 3.63) is 59.7 Å². The molecule has 168 valence electrons. The summed E-state index contributed by atoms with van der Waals surface area (Å²) in [6.45, 7) is 1.16. The maximum absolute atomic E-state index is 13.3. The molecule has 0 fully saturated rings. The van der Waals surface area contributed by atoms with Gasteiger partial charge in [-0.15, -0.1) is 0 Å². The third-order valence-corrected chi connectivity index (χ3v) is 6.36. The second-order valence-electron chi connectivity index (χ2n) is 8.69. The SMILES string of the molecule is CN(C)CCOc1c(N)cccc1-c1cc2c(c3c1C(=O)N(C)C3=O)c1ccccc1n2C. The number of nitrogens with two attached hydrogens (primary N) is 1. The first-order valence-corrected chi connectivity index (χ1v) is 10.8. The van der Waals surface area contributed by atoms with E-state index in [1.807, 2.05) is 68.5 Å². The molecule has 5 rings (SSSR count). The highest BCUT2D eigenvalue weighted by atomic mass is 16.5. The number of para-hydroxylation sites is 2. The van der Waals surface area contributed by atoms with E-state index >= 15 is 0 Å². The third kappa shape index (κ3) is 3.08. The minimum Gasteiger partial charge on any atom is -0.489 e. The summed E-state index contributed by atoms with van der Waals surface area (Å²) >= 11 is 0. The van der Waals surface area contributed by atoms with Crippen molar-refractivity contribution in [1.29, 1.82) is 0 Å². The monoisotopic (exact) mass is 442 g/mol. The molecule has 0 bridgehead atoms. The lowest BCUT2D eigenvalue weighted by molar-refractivity contribution is 0.0694. The number of nitrogen functional groups attached to an aromatic ring is 1. The van der Waals surface area contributed by atoms with E-state index in [0.29, 0.717) is 46.8 Å². The molecule has 33 heavy (non-hydrogen) atoms. The van der Waals surface area contributed by atoms with Crippen LogP contribution in [-0.2, 0) is 7.05 Å². The minimum atomic E-state index is -0.318. The average Bonchev–Trinajstić information content (AvgIpc) is 3.21. The van der Waals surface area contributed by atoms with E-state index in [4.69, 9.17) is 10.5 Å². The second-order valence-corrected chi connectivity index (χ2v) is 8.69. The van der Waals surface area contributed by atoms with Crippen molar-refractivity contribution in [3.63, 3.8) is 0 Å². The van der Waals surface area contributed by atoms with E-state index in [0.717, 1.165) is 21.8 Å². The second kappa shape index (κ2) is 7.64. The molecule has 0 radical (unpaired) electrons. The van der Waals surface area contributed by atoms with Gasteiger partial charge in [-0.2, -0.15) is 0 Å². The zero-order chi connectivity index (χ0) is 23.4. The number of anilines is 1. The first-order valence-electron chi connectivity index (χ1n) is 10.8. The van der Waals surface area contributed by atoms with Gasteiger partial charge in [-0.05, 0) is 32.3 Å². The fraction of sp³-hybridized carbons (Fsp3) is 0.231. The number of fused-ring (bicyclic) bond motifs is 5. The van der Waals surface area contributed by atoms with Crippen LogP contribution < -0.4 is 10.5 Å². The molecule has 0 saturated heterocycles. The van der Waals surface area contributed by atoms with Crippen LogP contribution >= 0.6 is 0 Å². The molecule has 7 heteroatoms. The van der Waals surface area contributed by atoms with Crippen LogP contribution in [0.5, 0.6) is 5.75 Å². The highest BCUT2D eigenvalue weighted by molar-refractivity contribution is 6.32. The lowest BCUT2D eigenvalue weighted by Gasteiger charge is -2.17. The van der Waals surface area contributed by atoms with E-state index in [2.05, 4.69) is 4.57 Å². The fourth-order valence-electron chi connectivity index (χ4n) is 4.65. The van der Waals surface area contributed by atoms with Crippen LogP contribution in [0.1, 0.15) is 20.7 Å². The molecule has 1 aliphatic rings. The van der Waals surface area contributed by atoms with E-state index < -0.39 is 0 Å². The van der Waals surface area contributed by atoms with E-state index in [1.54, 1.807) is 6.07 Å². The number of ether oxygens (including phenoxy) is 1. The van der Waals surface area contributed by atoms with Crippen molar-refractivity contribution in [2.24, 2.45) is 7.05 Å². The first kappa shape index (κ1) is 21.0. The normalized spacial score (nSPS) is 13.5. The number of benzene rings is 3. The van der Waals surface area contributed by atoms with Gasteiger partial charge >= 0.3 is 0 Å². The van der Waals surface area contributed by atoms with Gasteiger partial charge in [0.15, 0.2) is 0 Å². The number of aromatic nitrogens is 1. The Hall–Kier alpha value is -3.84. The molecule has 3 aromatic carbocycles. The minimum absolute atomic E-state index is 0.294. The van der Waals surface area contributed by atoms with Gasteiger partial charge in [0.2, 0.25) is 0 Å². The zero-order valence-corrected chi connectivity index (χ0v) is 19.2. The number of carbonyl (C=O) groups excluding carboxylic acids is 2. The summed E-state index contributed by atoms with van der Waals surface area (Å²) in [7, 11) is 7.44. The molecule has 2 heterocycles. The molecule has 0 atom stereocenters. The first-order chi connectivity index (χ1) is 15.8. The zero-order valence-electron chi connectivity index (χ0n) is 19.2. The van der Waals surface area contributed by atoms with E-state index in [-0.39, 0.29) is 11.8 Å². The van der Waals surface area contributed by atoms with Crippen LogP contribution in [0.2, 0.25) is 0 Å². The maximum Gasteiger partial charge on any atom is 0.262 e. The predicted octanol–water partition coefficient (Wildman–Crippen LogP) is 3.75. The smallest absolute Gasteiger partial charge is 0.262 e. The molecule has 1 aromatic heterocycles. The molecular weight excluding hydrogens is 416 g/mol. The lowest BCUT2D eigenvalue weighted by atomic mass is 9.92. The Morgan fingerprint density at radius 1 is 0.909 bits per heavy atom. The van der Waals surface area contributed by atoms with Crippen molar-refractivity contribution in [3.8, 4) is 16.9 Å². The van der Waals surface area contributed by atoms with Crippen LogP contribution in [-0.4, -0.2) is 60.5 Å². The van der Waals surface area contributed by atoms with Crippen molar-refractivity contribution in [2.45, 2.75) is 0 Å². The molecule has 4 aromatic rings. The number of aryl methyl sites for hydroxylation is 1. The molecular formula is C26H26N4O3. The molecule has 0 saturated carbocycles. The third-order valence-electron chi connectivity index (χ3n) is 6.36. The highest BCUT2D eigenvalue weighted by Crippen LogP contribution is 2.45. The number of hydrogen-bond acceptors (Lipinski definition) is 5. The van der Waals surface area contributed by atoms with Gasteiger partial charge in [0.1, 0.15) is 12.4 Å². The summed E-state index contributed by atoms with van der Waals surface area (Å²) in [6.07, 6.45) is 0. The Morgan fingerprint density at radius 3 is 2.39 bits per heavy atom. The van der Waals surface area contributed by atoms with Crippen molar-refractivity contribution >= 4 is 39.3 Å².